The molecule has 1 atom stereocenters. The topological polar surface area (TPSA) is 36.9 Å². The molecule has 4 heteroatoms. The molecule has 0 N–H and O–H groups in total. The highest BCUT2D eigenvalue weighted by Gasteiger charge is 2.20. The lowest BCUT2D eigenvalue weighted by atomic mass is 9.80. The van der Waals surface area contributed by atoms with Crippen LogP contribution in [0.5, 0.6) is 0 Å². The summed E-state index contributed by atoms with van der Waals surface area (Å²) >= 11 is 0. The molecular formula is C21H44O4. The summed E-state index contributed by atoms with van der Waals surface area (Å²) < 4.78 is 22.6. The van der Waals surface area contributed by atoms with E-state index in [0.717, 1.165) is 25.9 Å². The van der Waals surface area contributed by atoms with Crippen molar-refractivity contribution in [1.29, 1.82) is 0 Å². The zero-order chi connectivity index (χ0) is 19.0. The molecule has 0 aliphatic rings. The molecule has 0 fully saturated rings. The van der Waals surface area contributed by atoms with E-state index in [1.165, 1.54) is 19.3 Å². The Morgan fingerprint density at radius 2 is 1.04 bits per heavy atom. The molecule has 25 heavy (non-hydrogen) atoms. The normalized spacial score (nSPS) is 14.6. The third-order valence-corrected chi connectivity index (χ3v) is 4.87. The third-order valence-electron chi connectivity index (χ3n) is 4.87. The Morgan fingerprint density at radius 3 is 1.52 bits per heavy atom. The molecule has 0 radical (unpaired) electrons. The number of hydrogen-bond donors (Lipinski definition) is 0. The number of ether oxygens (including phenoxy) is 4. The quantitative estimate of drug-likeness (QED) is 0.313. The van der Waals surface area contributed by atoms with Crippen LogP contribution in [0.4, 0.5) is 0 Å². The van der Waals surface area contributed by atoms with Crippen molar-refractivity contribution < 1.29 is 18.9 Å². The van der Waals surface area contributed by atoms with Gasteiger partial charge in [-0.05, 0) is 38.5 Å². The molecule has 0 bridgehead atoms. The van der Waals surface area contributed by atoms with Crippen molar-refractivity contribution in [3.05, 3.63) is 0 Å². The molecule has 0 saturated carbocycles. The van der Waals surface area contributed by atoms with Gasteiger partial charge in [0.15, 0.2) is 0 Å². The molecule has 0 heterocycles. The van der Waals surface area contributed by atoms with Gasteiger partial charge < -0.3 is 18.9 Å². The van der Waals surface area contributed by atoms with Crippen LogP contribution in [-0.2, 0) is 18.9 Å². The monoisotopic (exact) mass is 360 g/mol. The van der Waals surface area contributed by atoms with Crippen molar-refractivity contribution >= 4 is 0 Å². The van der Waals surface area contributed by atoms with Gasteiger partial charge in [-0.25, -0.2) is 0 Å². The van der Waals surface area contributed by atoms with Crippen molar-refractivity contribution in [3.8, 4) is 0 Å². The lowest BCUT2D eigenvalue weighted by Gasteiger charge is -2.27. The van der Waals surface area contributed by atoms with Crippen molar-refractivity contribution in [3.63, 3.8) is 0 Å². The van der Waals surface area contributed by atoms with E-state index in [0.29, 0.717) is 45.1 Å². The van der Waals surface area contributed by atoms with E-state index >= 15 is 0 Å². The van der Waals surface area contributed by atoms with Crippen LogP contribution in [0.2, 0.25) is 0 Å². The molecule has 0 aromatic rings. The van der Waals surface area contributed by atoms with Crippen LogP contribution in [-0.4, -0.2) is 51.8 Å². The summed E-state index contributed by atoms with van der Waals surface area (Å²) in [5.74, 6) is 0. The Hall–Kier alpha value is -0.160. The fourth-order valence-corrected chi connectivity index (χ4v) is 2.99. The van der Waals surface area contributed by atoms with Gasteiger partial charge in [0.25, 0.3) is 0 Å². The molecule has 4 nitrogen and oxygen atoms in total. The maximum Gasteiger partial charge on any atom is 0.0707 e. The van der Waals surface area contributed by atoms with E-state index < -0.39 is 0 Å². The maximum absolute atomic E-state index is 5.81. The fourth-order valence-electron chi connectivity index (χ4n) is 2.99. The molecule has 0 aromatic carbocycles. The van der Waals surface area contributed by atoms with Crippen LogP contribution in [0, 0.1) is 5.41 Å². The van der Waals surface area contributed by atoms with Gasteiger partial charge in [-0.1, -0.05) is 47.0 Å². The SMILES string of the molecule is CCCC(C)(CC)CCOCCOCCOCCOC(C)(C)CCC. The second kappa shape index (κ2) is 15.0. The van der Waals surface area contributed by atoms with Crippen LogP contribution < -0.4 is 0 Å². The minimum Gasteiger partial charge on any atom is -0.379 e. The van der Waals surface area contributed by atoms with Gasteiger partial charge in [-0.2, -0.15) is 0 Å². The second-order valence-corrected chi connectivity index (χ2v) is 7.86. The van der Waals surface area contributed by atoms with Crippen molar-refractivity contribution in [2.24, 2.45) is 5.41 Å². The van der Waals surface area contributed by atoms with E-state index in [4.69, 9.17) is 18.9 Å². The Balaban J connectivity index is 3.37. The van der Waals surface area contributed by atoms with Gasteiger partial charge in [0.2, 0.25) is 0 Å². The van der Waals surface area contributed by atoms with E-state index in [1.807, 2.05) is 0 Å². The molecule has 0 rings (SSSR count). The highest BCUT2D eigenvalue weighted by Crippen LogP contribution is 2.31. The van der Waals surface area contributed by atoms with Crippen LogP contribution >= 0.6 is 0 Å². The Morgan fingerprint density at radius 1 is 0.560 bits per heavy atom. The maximum atomic E-state index is 5.81. The minimum atomic E-state index is -0.0447. The van der Waals surface area contributed by atoms with Gasteiger partial charge in [0.05, 0.1) is 45.2 Å². The average Bonchev–Trinajstić information content (AvgIpc) is 2.56. The smallest absolute Gasteiger partial charge is 0.0707 e. The second-order valence-electron chi connectivity index (χ2n) is 7.86. The summed E-state index contributed by atoms with van der Waals surface area (Å²) in [5, 5.41) is 0. The van der Waals surface area contributed by atoms with Gasteiger partial charge in [0.1, 0.15) is 0 Å². The van der Waals surface area contributed by atoms with Crippen molar-refractivity contribution in [2.75, 3.05) is 46.2 Å². The molecule has 1 unspecified atom stereocenters. The first kappa shape index (κ1) is 24.8. The molecule has 0 spiro atoms. The zero-order valence-electron chi connectivity index (χ0n) is 17.8. The van der Waals surface area contributed by atoms with E-state index in [2.05, 4.69) is 41.5 Å². The standard InChI is InChI=1S/C21H44O4/c1-7-10-20(4,5)25-19-18-24-17-16-23-15-14-22-13-12-21(6,9-3)11-8-2/h7-19H2,1-6H3. The highest BCUT2D eigenvalue weighted by molar-refractivity contribution is 4.71. The van der Waals surface area contributed by atoms with E-state index in [9.17, 15) is 0 Å². The first-order valence-corrected chi connectivity index (χ1v) is 10.3. The number of hydrogen-bond acceptors (Lipinski definition) is 4. The third kappa shape index (κ3) is 14.7. The first-order valence-electron chi connectivity index (χ1n) is 10.3. The molecule has 152 valence electrons. The van der Waals surface area contributed by atoms with Gasteiger partial charge in [-0.15, -0.1) is 0 Å². The highest BCUT2D eigenvalue weighted by atomic mass is 16.6. The van der Waals surface area contributed by atoms with Crippen LogP contribution in [0.25, 0.3) is 0 Å². The Bertz CT molecular complexity index is 294. The molecule has 0 saturated heterocycles. The summed E-state index contributed by atoms with van der Waals surface area (Å²) in [6, 6.07) is 0. The van der Waals surface area contributed by atoms with E-state index in [-0.39, 0.29) is 5.60 Å². The molecule has 0 aliphatic heterocycles. The lowest BCUT2D eigenvalue weighted by Crippen LogP contribution is -2.26. The van der Waals surface area contributed by atoms with Crippen LogP contribution in [0.1, 0.15) is 80.1 Å². The summed E-state index contributed by atoms with van der Waals surface area (Å²) in [5.41, 5.74) is 0.383. The largest absolute Gasteiger partial charge is 0.379 e. The molecule has 0 aliphatic carbocycles. The molecular weight excluding hydrogens is 316 g/mol. The van der Waals surface area contributed by atoms with E-state index in [1.54, 1.807) is 0 Å². The van der Waals surface area contributed by atoms with Crippen molar-refractivity contribution in [1.82, 2.24) is 0 Å². The zero-order valence-corrected chi connectivity index (χ0v) is 17.8. The predicted molar refractivity (Wildman–Crippen MR) is 105 cm³/mol. The minimum absolute atomic E-state index is 0.0447. The predicted octanol–water partition coefficient (Wildman–Crippen LogP) is 5.24. The van der Waals surface area contributed by atoms with Crippen molar-refractivity contribution in [2.45, 2.75) is 85.7 Å². The van der Waals surface area contributed by atoms with Gasteiger partial charge >= 0.3 is 0 Å². The lowest BCUT2D eigenvalue weighted by molar-refractivity contribution is -0.0579. The summed E-state index contributed by atoms with van der Waals surface area (Å²) in [6.45, 7) is 18.0. The first-order chi connectivity index (χ1) is 11.9. The summed E-state index contributed by atoms with van der Waals surface area (Å²) in [4.78, 5) is 0. The van der Waals surface area contributed by atoms with Gasteiger partial charge in [-0.3, -0.25) is 0 Å². The Labute approximate surface area is 156 Å². The summed E-state index contributed by atoms with van der Waals surface area (Å²) in [7, 11) is 0. The fraction of sp³-hybridized carbons (Fsp3) is 1.00. The average molecular weight is 361 g/mol. The van der Waals surface area contributed by atoms with Crippen LogP contribution in [0.15, 0.2) is 0 Å². The number of rotatable bonds is 18. The molecule has 0 aromatic heterocycles. The Kier molecular flexibility index (Phi) is 14.9. The van der Waals surface area contributed by atoms with Gasteiger partial charge in [0, 0.05) is 6.61 Å². The van der Waals surface area contributed by atoms with Crippen LogP contribution in [0.3, 0.4) is 0 Å². The molecule has 0 amide bonds. The summed E-state index contributed by atoms with van der Waals surface area (Å²) in [6.07, 6.45) is 7.09.